The number of anilines is 1. The van der Waals surface area contributed by atoms with Gasteiger partial charge in [0.05, 0.1) is 17.3 Å². The number of nitrogens with one attached hydrogen (secondary N) is 2. The third kappa shape index (κ3) is 3.52. The molecule has 1 aliphatic rings. The van der Waals surface area contributed by atoms with E-state index in [1.54, 1.807) is 13.0 Å². The summed E-state index contributed by atoms with van der Waals surface area (Å²) in [5, 5.41) is 7.31. The Balaban J connectivity index is 1.38. The topological polar surface area (TPSA) is 135 Å². The smallest absolute Gasteiger partial charge is 0.323 e. The van der Waals surface area contributed by atoms with Crippen LogP contribution in [0.1, 0.15) is 12.5 Å². The Morgan fingerprint density at radius 2 is 1.72 bits per heavy atom. The summed E-state index contributed by atoms with van der Waals surface area (Å²) < 4.78 is 2.17. The highest BCUT2D eigenvalue weighted by Crippen LogP contribution is 2.31. The Kier molecular flexibility index (Phi) is 5.20. The summed E-state index contributed by atoms with van der Waals surface area (Å²) in [7, 11) is 2.83. The van der Waals surface area contributed by atoms with Crippen LogP contribution >= 0.6 is 0 Å². The van der Waals surface area contributed by atoms with Crippen LogP contribution in [0.5, 0.6) is 0 Å². The molecule has 1 unspecified atom stereocenters. The van der Waals surface area contributed by atoms with Gasteiger partial charge in [-0.15, -0.1) is 0 Å². The molecule has 0 radical (unpaired) electrons. The lowest BCUT2D eigenvalue weighted by atomic mass is 9.90. The SMILES string of the molecule is Cn1c(=O)c2cc(NC(=O)CN3C(=O)NC(C)(c4ccc5ccccc5c4)C3=O)cnc2n(C)c1=O. The quantitative estimate of drug-likeness (QED) is 0.416. The molecule has 2 N–H and O–H groups in total. The van der Waals surface area contributed by atoms with Crippen molar-refractivity contribution in [1.29, 1.82) is 0 Å². The highest BCUT2D eigenvalue weighted by Gasteiger charge is 2.49. The molecular weight excluding hydrogens is 464 g/mol. The first-order valence-electron chi connectivity index (χ1n) is 11.1. The van der Waals surface area contributed by atoms with Gasteiger partial charge in [-0.05, 0) is 35.4 Å². The molecule has 1 aliphatic heterocycles. The van der Waals surface area contributed by atoms with Crippen molar-refractivity contribution < 1.29 is 14.4 Å². The summed E-state index contributed by atoms with van der Waals surface area (Å²) in [5.41, 5.74) is -1.46. The molecule has 0 aliphatic carbocycles. The van der Waals surface area contributed by atoms with Gasteiger partial charge in [0.2, 0.25) is 5.91 Å². The fraction of sp³-hybridized carbons (Fsp3) is 0.200. The zero-order chi connectivity index (χ0) is 25.8. The van der Waals surface area contributed by atoms with Crippen molar-refractivity contribution in [2.24, 2.45) is 14.1 Å². The molecule has 0 spiro atoms. The number of hydrogen-bond acceptors (Lipinski definition) is 6. The number of pyridine rings is 1. The maximum absolute atomic E-state index is 13.3. The number of rotatable bonds is 4. The Morgan fingerprint density at radius 1 is 1.00 bits per heavy atom. The van der Waals surface area contributed by atoms with Crippen LogP contribution in [0, 0.1) is 0 Å². The number of carbonyl (C=O) groups is 3. The van der Waals surface area contributed by atoms with Gasteiger partial charge in [0.1, 0.15) is 17.7 Å². The van der Waals surface area contributed by atoms with E-state index in [0.29, 0.717) is 5.56 Å². The van der Waals surface area contributed by atoms with E-state index in [1.165, 1.54) is 30.9 Å². The lowest BCUT2D eigenvalue weighted by Gasteiger charge is -2.22. The minimum absolute atomic E-state index is 0.135. The van der Waals surface area contributed by atoms with Gasteiger partial charge in [-0.2, -0.15) is 0 Å². The molecule has 3 heterocycles. The number of fused-ring (bicyclic) bond motifs is 2. The molecule has 11 heteroatoms. The van der Waals surface area contributed by atoms with E-state index in [9.17, 15) is 24.0 Å². The fourth-order valence-corrected chi connectivity index (χ4v) is 4.41. The molecule has 2 aromatic carbocycles. The van der Waals surface area contributed by atoms with Crippen LogP contribution in [-0.4, -0.2) is 43.4 Å². The van der Waals surface area contributed by atoms with Crippen LogP contribution in [0.2, 0.25) is 0 Å². The molecular formula is C25H22N6O5. The van der Waals surface area contributed by atoms with Crippen LogP contribution in [0.25, 0.3) is 21.8 Å². The van der Waals surface area contributed by atoms with Gasteiger partial charge >= 0.3 is 11.7 Å². The summed E-state index contributed by atoms with van der Waals surface area (Å²) in [5.74, 6) is -1.21. The summed E-state index contributed by atoms with van der Waals surface area (Å²) >= 11 is 0. The molecule has 11 nitrogen and oxygen atoms in total. The van der Waals surface area contributed by atoms with Crippen molar-refractivity contribution in [2.45, 2.75) is 12.5 Å². The maximum Gasteiger partial charge on any atom is 0.332 e. The Morgan fingerprint density at radius 3 is 2.47 bits per heavy atom. The lowest BCUT2D eigenvalue weighted by molar-refractivity contribution is -0.133. The van der Waals surface area contributed by atoms with E-state index in [0.717, 1.165) is 20.2 Å². The summed E-state index contributed by atoms with van der Waals surface area (Å²) in [6.07, 6.45) is 1.30. The number of aryl methyl sites for hydroxylation is 1. The van der Waals surface area contributed by atoms with Crippen LogP contribution in [0.15, 0.2) is 64.3 Å². The van der Waals surface area contributed by atoms with Gasteiger partial charge in [0.25, 0.3) is 11.5 Å². The summed E-state index contributed by atoms with van der Waals surface area (Å²) in [6.45, 7) is 1.07. The molecule has 4 aromatic rings. The lowest BCUT2D eigenvalue weighted by Crippen LogP contribution is -2.42. The minimum Gasteiger partial charge on any atom is -0.323 e. The Hall–Kier alpha value is -4.80. The van der Waals surface area contributed by atoms with Gasteiger partial charge in [-0.1, -0.05) is 36.4 Å². The molecule has 36 heavy (non-hydrogen) atoms. The zero-order valence-electron chi connectivity index (χ0n) is 19.7. The van der Waals surface area contributed by atoms with Gasteiger partial charge in [0, 0.05) is 14.1 Å². The Bertz CT molecular complexity index is 1720. The van der Waals surface area contributed by atoms with Crippen LogP contribution in [0.4, 0.5) is 10.5 Å². The third-order valence-electron chi connectivity index (χ3n) is 6.48. The number of carbonyl (C=O) groups excluding carboxylic acids is 3. The predicted octanol–water partition coefficient (Wildman–Crippen LogP) is 1.19. The summed E-state index contributed by atoms with van der Waals surface area (Å²) in [6, 6.07) is 13.9. The average molecular weight is 486 g/mol. The first-order chi connectivity index (χ1) is 17.1. The molecule has 182 valence electrons. The summed E-state index contributed by atoms with van der Waals surface area (Å²) in [4.78, 5) is 68.2. The second kappa shape index (κ2) is 8.15. The van der Waals surface area contributed by atoms with Crippen LogP contribution < -0.4 is 21.9 Å². The van der Waals surface area contributed by atoms with E-state index in [2.05, 4.69) is 15.6 Å². The molecule has 5 rings (SSSR count). The van der Waals surface area contributed by atoms with Crippen LogP contribution in [0.3, 0.4) is 0 Å². The van der Waals surface area contributed by atoms with Crippen molar-refractivity contribution >= 4 is 45.3 Å². The van der Waals surface area contributed by atoms with Crippen molar-refractivity contribution in [1.82, 2.24) is 24.3 Å². The number of benzene rings is 2. The second-order valence-electron chi connectivity index (χ2n) is 8.86. The van der Waals surface area contributed by atoms with E-state index >= 15 is 0 Å². The van der Waals surface area contributed by atoms with Gasteiger partial charge in [-0.25, -0.2) is 14.6 Å². The first kappa shape index (κ1) is 23.0. The van der Waals surface area contributed by atoms with Crippen LogP contribution in [-0.2, 0) is 29.2 Å². The van der Waals surface area contributed by atoms with E-state index in [4.69, 9.17) is 0 Å². The van der Waals surface area contributed by atoms with Crippen molar-refractivity contribution in [3.05, 3.63) is 81.1 Å². The number of amides is 4. The molecule has 2 aromatic heterocycles. The second-order valence-corrected chi connectivity index (χ2v) is 8.86. The van der Waals surface area contributed by atoms with Gasteiger partial charge < -0.3 is 10.6 Å². The van der Waals surface area contributed by atoms with Gasteiger partial charge in [0.15, 0.2) is 0 Å². The highest BCUT2D eigenvalue weighted by atomic mass is 16.2. The number of urea groups is 1. The standard InChI is InChI=1S/C25H22N6O5/c1-25(16-9-8-14-6-4-5-7-15(14)10-16)22(34)31(23(35)28-25)13-19(32)27-17-11-18-20(26-12-17)29(2)24(36)30(3)21(18)33/h4-12H,13H2,1-3H3,(H,27,32)(H,28,35). The fourth-order valence-electron chi connectivity index (χ4n) is 4.41. The van der Waals surface area contributed by atoms with E-state index < -0.39 is 41.2 Å². The monoisotopic (exact) mass is 486 g/mol. The molecule has 1 fully saturated rings. The number of nitrogens with zero attached hydrogens (tertiary/aromatic N) is 4. The van der Waals surface area contributed by atoms with Crippen molar-refractivity contribution in [2.75, 3.05) is 11.9 Å². The number of imide groups is 1. The largest absolute Gasteiger partial charge is 0.332 e. The predicted molar refractivity (Wildman–Crippen MR) is 132 cm³/mol. The normalized spacial score (nSPS) is 17.6. The molecule has 0 saturated carbocycles. The van der Waals surface area contributed by atoms with Crippen molar-refractivity contribution in [3.8, 4) is 0 Å². The average Bonchev–Trinajstić information content (AvgIpc) is 3.09. The van der Waals surface area contributed by atoms with Gasteiger partial charge in [-0.3, -0.25) is 28.4 Å². The number of hydrogen-bond donors (Lipinski definition) is 2. The molecule has 4 amide bonds. The maximum atomic E-state index is 13.3. The molecule has 0 bridgehead atoms. The molecule has 1 saturated heterocycles. The van der Waals surface area contributed by atoms with Crippen molar-refractivity contribution in [3.63, 3.8) is 0 Å². The Labute approximate surface area is 204 Å². The highest BCUT2D eigenvalue weighted by molar-refractivity contribution is 6.10. The molecule has 1 atom stereocenters. The first-order valence-corrected chi connectivity index (χ1v) is 11.1. The van der Waals surface area contributed by atoms with E-state index in [-0.39, 0.29) is 16.7 Å². The number of aromatic nitrogens is 3. The van der Waals surface area contributed by atoms with E-state index in [1.807, 2.05) is 36.4 Å². The third-order valence-corrected chi connectivity index (χ3v) is 6.48. The minimum atomic E-state index is -1.33. The zero-order valence-corrected chi connectivity index (χ0v) is 19.7.